The molecule has 4 nitrogen and oxygen atoms in total. The van der Waals surface area contributed by atoms with Crippen molar-refractivity contribution in [3.63, 3.8) is 0 Å². The van der Waals surface area contributed by atoms with Gasteiger partial charge in [-0.05, 0) is 19.8 Å². The second kappa shape index (κ2) is 5.59. The van der Waals surface area contributed by atoms with Gasteiger partial charge in [0.25, 0.3) is 0 Å². The number of nitrogens with two attached hydrogens (primary N) is 1. The quantitative estimate of drug-likeness (QED) is 0.916. The number of aryl methyl sites for hydroxylation is 1. The molecule has 0 spiro atoms. The molecule has 1 aliphatic carbocycles. The Morgan fingerprint density at radius 1 is 1.50 bits per heavy atom. The van der Waals surface area contributed by atoms with Crippen LogP contribution in [0.15, 0.2) is 6.20 Å². The Labute approximate surface area is 113 Å². The van der Waals surface area contributed by atoms with E-state index in [4.69, 9.17) is 22.1 Å². The minimum Gasteiger partial charge on any atom is -0.376 e. The smallest absolute Gasteiger partial charge is 0.0886 e. The molecule has 102 valence electrons. The summed E-state index contributed by atoms with van der Waals surface area (Å²) in [6.45, 7) is 2.81. The third-order valence-electron chi connectivity index (χ3n) is 4.10. The van der Waals surface area contributed by atoms with Crippen LogP contribution in [-0.2, 0) is 11.3 Å². The largest absolute Gasteiger partial charge is 0.376 e. The first kappa shape index (κ1) is 13.8. The van der Waals surface area contributed by atoms with Crippen LogP contribution in [0.1, 0.15) is 50.8 Å². The fourth-order valence-electron chi connectivity index (χ4n) is 2.97. The highest BCUT2D eigenvalue weighted by Crippen LogP contribution is 2.41. The highest BCUT2D eigenvalue weighted by molar-refractivity contribution is 6.31. The van der Waals surface area contributed by atoms with E-state index in [2.05, 4.69) is 5.10 Å². The van der Waals surface area contributed by atoms with Crippen LogP contribution in [-0.4, -0.2) is 22.5 Å². The Balaban J connectivity index is 2.33. The molecule has 0 saturated heterocycles. The van der Waals surface area contributed by atoms with Crippen LogP contribution < -0.4 is 5.73 Å². The minimum atomic E-state index is -0.283. The van der Waals surface area contributed by atoms with Crippen LogP contribution in [0.5, 0.6) is 0 Å². The van der Waals surface area contributed by atoms with Gasteiger partial charge in [0, 0.05) is 13.7 Å². The molecule has 1 unspecified atom stereocenters. The number of ether oxygens (including phenoxy) is 1. The predicted octanol–water partition coefficient (Wildman–Crippen LogP) is 2.91. The second-order valence-corrected chi connectivity index (χ2v) is 5.41. The van der Waals surface area contributed by atoms with Crippen molar-refractivity contribution in [3.05, 3.63) is 16.9 Å². The molecule has 1 aromatic rings. The molecule has 0 amide bonds. The lowest BCUT2D eigenvalue weighted by Gasteiger charge is -2.40. The van der Waals surface area contributed by atoms with Crippen LogP contribution in [0.4, 0.5) is 0 Å². The third-order valence-corrected chi connectivity index (χ3v) is 4.39. The van der Waals surface area contributed by atoms with E-state index in [0.29, 0.717) is 5.02 Å². The van der Waals surface area contributed by atoms with Crippen molar-refractivity contribution >= 4 is 11.6 Å². The van der Waals surface area contributed by atoms with Gasteiger partial charge < -0.3 is 10.5 Å². The van der Waals surface area contributed by atoms with Gasteiger partial charge in [-0.15, -0.1) is 0 Å². The molecular weight excluding hydrogens is 250 g/mol. The molecule has 5 heteroatoms. The van der Waals surface area contributed by atoms with Crippen molar-refractivity contribution in [1.82, 2.24) is 9.78 Å². The van der Waals surface area contributed by atoms with Gasteiger partial charge in [-0.1, -0.05) is 30.9 Å². The molecule has 1 atom stereocenters. The maximum Gasteiger partial charge on any atom is 0.0886 e. The molecule has 1 saturated carbocycles. The molecule has 0 aromatic carbocycles. The number of hydrogen-bond acceptors (Lipinski definition) is 3. The summed E-state index contributed by atoms with van der Waals surface area (Å²) in [6, 6.07) is -0.210. The van der Waals surface area contributed by atoms with Gasteiger partial charge in [-0.25, -0.2) is 0 Å². The summed E-state index contributed by atoms with van der Waals surface area (Å²) >= 11 is 6.24. The first-order valence-electron chi connectivity index (χ1n) is 6.66. The van der Waals surface area contributed by atoms with E-state index in [9.17, 15) is 0 Å². The van der Waals surface area contributed by atoms with Crippen LogP contribution >= 0.6 is 11.6 Å². The van der Waals surface area contributed by atoms with Gasteiger partial charge in [0.2, 0.25) is 0 Å². The molecular formula is C13H22ClN3O. The number of halogens is 1. The molecule has 18 heavy (non-hydrogen) atoms. The minimum absolute atomic E-state index is 0.210. The Morgan fingerprint density at radius 2 is 2.17 bits per heavy atom. The van der Waals surface area contributed by atoms with Crippen LogP contribution in [0, 0.1) is 0 Å². The normalized spacial score (nSPS) is 20.9. The predicted molar refractivity (Wildman–Crippen MR) is 72.7 cm³/mol. The summed E-state index contributed by atoms with van der Waals surface area (Å²) < 4.78 is 7.67. The first-order valence-corrected chi connectivity index (χ1v) is 7.04. The maximum atomic E-state index is 6.47. The molecule has 0 radical (unpaired) electrons. The molecule has 1 heterocycles. The summed E-state index contributed by atoms with van der Waals surface area (Å²) in [4.78, 5) is 0. The first-order chi connectivity index (χ1) is 8.64. The number of hydrogen-bond donors (Lipinski definition) is 1. The fourth-order valence-corrected chi connectivity index (χ4v) is 3.23. The van der Waals surface area contributed by atoms with Gasteiger partial charge in [-0.3, -0.25) is 4.68 Å². The summed E-state index contributed by atoms with van der Waals surface area (Å²) in [5.41, 5.74) is 7.09. The lowest BCUT2D eigenvalue weighted by Crippen LogP contribution is -2.45. The zero-order chi connectivity index (χ0) is 13.2. The third kappa shape index (κ3) is 2.29. The van der Waals surface area contributed by atoms with Crippen molar-refractivity contribution in [2.45, 2.75) is 57.2 Å². The summed E-state index contributed by atoms with van der Waals surface area (Å²) in [5, 5.41) is 4.91. The molecule has 1 aromatic heterocycles. The Bertz CT molecular complexity index is 399. The number of methoxy groups -OCH3 is 1. The van der Waals surface area contributed by atoms with Crippen molar-refractivity contribution in [2.75, 3.05) is 7.11 Å². The molecule has 0 aliphatic heterocycles. The van der Waals surface area contributed by atoms with Gasteiger partial charge in [0.15, 0.2) is 0 Å². The lowest BCUT2D eigenvalue weighted by atomic mass is 9.78. The zero-order valence-electron chi connectivity index (χ0n) is 11.2. The van der Waals surface area contributed by atoms with Crippen LogP contribution in [0.25, 0.3) is 0 Å². The van der Waals surface area contributed by atoms with Gasteiger partial charge in [0.05, 0.1) is 28.6 Å². The summed E-state index contributed by atoms with van der Waals surface area (Å²) in [7, 11) is 1.76. The average Bonchev–Trinajstić information content (AvgIpc) is 2.79. The molecule has 2 N–H and O–H groups in total. The fraction of sp³-hybridized carbons (Fsp3) is 0.769. The van der Waals surface area contributed by atoms with E-state index in [1.54, 1.807) is 13.3 Å². The van der Waals surface area contributed by atoms with E-state index >= 15 is 0 Å². The van der Waals surface area contributed by atoms with E-state index in [1.165, 1.54) is 19.3 Å². The SMILES string of the molecule is CCn1ncc(Cl)c1C(N)C1(OC)CCCCC1. The van der Waals surface area contributed by atoms with Crippen molar-refractivity contribution in [2.24, 2.45) is 5.73 Å². The van der Waals surface area contributed by atoms with E-state index < -0.39 is 0 Å². The second-order valence-electron chi connectivity index (χ2n) is 5.00. The van der Waals surface area contributed by atoms with Crippen LogP contribution in [0.2, 0.25) is 5.02 Å². The Morgan fingerprint density at radius 3 is 2.72 bits per heavy atom. The Hall–Kier alpha value is -0.580. The number of aromatic nitrogens is 2. The van der Waals surface area contributed by atoms with Crippen molar-refractivity contribution in [1.29, 1.82) is 0 Å². The van der Waals surface area contributed by atoms with E-state index in [-0.39, 0.29) is 11.6 Å². The maximum absolute atomic E-state index is 6.47. The molecule has 1 fully saturated rings. The average molecular weight is 272 g/mol. The van der Waals surface area contributed by atoms with E-state index in [1.807, 2.05) is 11.6 Å². The van der Waals surface area contributed by atoms with Gasteiger partial charge in [-0.2, -0.15) is 5.10 Å². The lowest BCUT2D eigenvalue weighted by molar-refractivity contribution is -0.0612. The zero-order valence-corrected chi connectivity index (χ0v) is 11.9. The highest BCUT2D eigenvalue weighted by atomic mass is 35.5. The molecule has 0 bridgehead atoms. The number of nitrogens with zero attached hydrogens (tertiary/aromatic N) is 2. The molecule has 1 aliphatic rings. The van der Waals surface area contributed by atoms with Crippen molar-refractivity contribution in [3.8, 4) is 0 Å². The number of rotatable bonds is 4. The highest BCUT2D eigenvalue weighted by Gasteiger charge is 2.41. The monoisotopic (exact) mass is 271 g/mol. The van der Waals surface area contributed by atoms with Gasteiger partial charge in [0.1, 0.15) is 0 Å². The Kier molecular flexibility index (Phi) is 4.30. The topological polar surface area (TPSA) is 53.1 Å². The van der Waals surface area contributed by atoms with Crippen molar-refractivity contribution < 1.29 is 4.74 Å². The standard InChI is InChI=1S/C13H22ClN3O/c1-3-17-11(10(14)9-16-17)12(15)13(18-2)7-5-4-6-8-13/h9,12H,3-8,15H2,1-2H3. The summed E-state index contributed by atoms with van der Waals surface area (Å²) in [5.74, 6) is 0. The van der Waals surface area contributed by atoms with Gasteiger partial charge >= 0.3 is 0 Å². The molecule has 2 rings (SSSR count). The summed E-state index contributed by atoms with van der Waals surface area (Å²) in [6.07, 6.45) is 7.26. The van der Waals surface area contributed by atoms with E-state index in [0.717, 1.165) is 25.1 Å². The van der Waals surface area contributed by atoms with Crippen LogP contribution in [0.3, 0.4) is 0 Å².